The third kappa shape index (κ3) is 5.56. The van der Waals surface area contributed by atoms with Crippen LogP contribution in [0.1, 0.15) is 41.8 Å². The van der Waals surface area contributed by atoms with Crippen LogP contribution in [0.5, 0.6) is 0 Å². The van der Waals surface area contributed by atoms with Crippen LogP contribution in [0.4, 0.5) is 4.79 Å². The van der Waals surface area contributed by atoms with Crippen molar-refractivity contribution in [3.05, 3.63) is 33.8 Å². The minimum Gasteiger partial charge on any atom is -0.464 e. The minimum absolute atomic E-state index is 0.157. The van der Waals surface area contributed by atoms with Gasteiger partial charge in [0.15, 0.2) is 5.69 Å². The molecule has 1 amide bonds. The van der Waals surface area contributed by atoms with Gasteiger partial charge in [-0.25, -0.2) is 14.3 Å². The number of carbonyl (C=O) groups excluding carboxylic acids is 2. The number of ether oxygens (including phenoxy) is 2. The summed E-state index contributed by atoms with van der Waals surface area (Å²) in [7, 11) is 1.29. The Balaban J connectivity index is 2.07. The number of hydrogen-bond acceptors (Lipinski definition) is 7. The Bertz CT molecular complexity index is 719. The van der Waals surface area contributed by atoms with E-state index in [0.717, 1.165) is 4.88 Å². The number of rotatable bonds is 6. The Morgan fingerprint density at radius 1 is 1.36 bits per heavy atom. The molecule has 0 atom stereocenters. The zero-order valence-electron chi connectivity index (χ0n) is 14.7. The summed E-state index contributed by atoms with van der Waals surface area (Å²) in [4.78, 5) is 24.7. The summed E-state index contributed by atoms with van der Waals surface area (Å²) in [6.45, 7) is 6.17. The number of thiophene rings is 1. The smallest absolute Gasteiger partial charge is 0.407 e. The van der Waals surface area contributed by atoms with E-state index in [-0.39, 0.29) is 12.2 Å². The van der Waals surface area contributed by atoms with E-state index in [1.165, 1.54) is 7.11 Å². The maximum Gasteiger partial charge on any atom is 0.407 e. The molecule has 2 rings (SSSR count). The Morgan fingerprint density at radius 3 is 2.72 bits per heavy atom. The van der Waals surface area contributed by atoms with Gasteiger partial charge in [-0.15, -0.1) is 16.4 Å². The lowest BCUT2D eigenvalue weighted by Crippen LogP contribution is -2.34. The number of amides is 1. The number of nitrogens with one attached hydrogen (secondary N) is 1. The van der Waals surface area contributed by atoms with Crippen LogP contribution in [0, 0.1) is 0 Å². The number of aromatic nitrogens is 3. The van der Waals surface area contributed by atoms with Gasteiger partial charge in [0.05, 0.1) is 19.3 Å². The lowest BCUT2D eigenvalue weighted by atomic mass is 10.2. The molecular weight excluding hydrogens is 344 g/mol. The summed E-state index contributed by atoms with van der Waals surface area (Å²) in [5, 5.41) is 12.6. The van der Waals surface area contributed by atoms with Crippen molar-refractivity contribution >= 4 is 23.4 Å². The third-order valence-electron chi connectivity index (χ3n) is 3.13. The summed E-state index contributed by atoms with van der Waals surface area (Å²) in [6.07, 6.45) is -0.133. The lowest BCUT2D eigenvalue weighted by Gasteiger charge is -2.19. The topological polar surface area (TPSA) is 95.3 Å². The minimum atomic E-state index is -0.566. The average Bonchev–Trinajstić information content (AvgIpc) is 3.16. The molecule has 0 unspecified atom stereocenters. The molecule has 0 saturated carbocycles. The van der Waals surface area contributed by atoms with E-state index < -0.39 is 17.7 Å². The van der Waals surface area contributed by atoms with E-state index in [1.807, 2.05) is 17.5 Å². The van der Waals surface area contributed by atoms with Crippen LogP contribution in [0.15, 0.2) is 17.5 Å². The van der Waals surface area contributed by atoms with Crippen molar-refractivity contribution in [1.29, 1.82) is 0 Å². The van der Waals surface area contributed by atoms with E-state index in [1.54, 1.807) is 36.8 Å². The predicted molar refractivity (Wildman–Crippen MR) is 92.7 cm³/mol. The number of esters is 1. The highest BCUT2D eigenvalue weighted by atomic mass is 32.1. The molecule has 0 radical (unpaired) electrons. The van der Waals surface area contributed by atoms with Gasteiger partial charge in [0.1, 0.15) is 5.60 Å². The Hall–Kier alpha value is -2.42. The number of methoxy groups -OCH3 is 1. The first-order chi connectivity index (χ1) is 11.8. The van der Waals surface area contributed by atoms with Gasteiger partial charge in [-0.2, -0.15) is 0 Å². The summed E-state index contributed by atoms with van der Waals surface area (Å²) >= 11 is 1.59. The fourth-order valence-corrected chi connectivity index (χ4v) is 2.80. The zero-order chi connectivity index (χ0) is 18.4. The van der Waals surface area contributed by atoms with Crippen LogP contribution in [0.2, 0.25) is 0 Å². The molecule has 9 heteroatoms. The molecule has 0 aliphatic rings. The molecule has 1 N–H and O–H groups in total. The normalized spacial score (nSPS) is 11.2. The molecule has 8 nitrogen and oxygen atoms in total. The van der Waals surface area contributed by atoms with Crippen LogP contribution < -0.4 is 5.32 Å². The Labute approximate surface area is 150 Å². The van der Waals surface area contributed by atoms with E-state index in [9.17, 15) is 9.59 Å². The van der Waals surface area contributed by atoms with Gasteiger partial charge in [0.25, 0.3) is 0 Å². The highest BCUT2D eigenvalue weighted by Gasteiger charge is 2.21. The van der Waals surface area contributed by atoms with Crippen molar-refractivity contribution in [2.45, 2.75) is 39.3 Å². The molecular formula is C16H22N4O4S. The van der Waals surface area contributed by atoms with Gasteiger partial charge in [-0.05, 0) is 32.2 Å². The molecule has 0 aliphatic carbocycles. The van der Waals surface area contributed by atoms with Gasteiger partial charge in [-0.1, -0.05) is 11.3 Å². The van der Waals surface area contributed by atoms with Crippen molar-refractivity contribution in [2.75, 3.05) is 13.7 Å². The number of carbonyl (C=O) groups is 2. The quantitative estimate of drug-likeness (QED) is 0.788. The second-order valence-electron chi connectivity index (χ2n) is 6.29. The summed E-state index contributed by atoms with van der Waals surface area (Å²) in [6, 6.07) is 3.93. The molecule has 2 heterocycles. The zero-order valence-corrected chi connectivity index (χ0v) is 15.6. The predicted octanol–water partition coefficient (Wildman–Crippen LogP) is 2.24. The van der Waals surface area contributed by atoms with Gasteiger partial charge in [0, 0.05) is 17.8 Å². The van der Waals surface area contributed by atoms with Crippen LogP contribution in [0.25, 0.3) is 0 Å². The summed E-state index contributed by atoms with van der Waals surface area (Å²) in [5.41, 5.74) is 0.199. The fraction of sp³-hybridized carbons (Fsp3) is 0.500. The highest BCUT2D eigenvalue weighted by molar-refractivity contribution is 7.09. The molecule has 2 aromatic heterocycles. The lowest BCUT2D eigenvalue weighted by molar-refractivity contribution is 0.0528. The van der Waals surface area contributed by atoms with E-state index in [2.05, 4.69) is 15.6 Å². The van der Waals surface area contributed by atoms with E-state index in [0.29, 0.717) is 18.7 Å². The average molecular weight is 366 g/mol. The van der Waals surface area contributed by atoms with Crippen molar-refractivity contribution < 1.29 is 19.1 Å². The molecule has 25 heavy (non-hydrogen) atoms. The van der Waals surface area contributed by atoms with E-state index >= 15 is 0 Å². The monoisotopic (exact) mass is 366 g/mol. The molecule has 0 aliphatic heterocycles. The second kappa shape index (κ2) is 8.11. The molecule has 2 aromatic rings. The van der Waals surface area contributed by atoms with Crippen molar-refractivity contribution in [3.8, 4) is 0 Å². The summed E-state index contributed by atoms with van der Waals surface area (Å²) < 4.78 is 11.6. The van der Waals surface area contributed by atoms with Gasteiger partial charge >= 0.3 is 12.1 Å². The second-order valence-corrected chi connectivity index (χ2v) is 7.32. The number of nitrogens with zero attached hydrogens (tertiary/aromatic N) is 3. The maximum atomic E-state index is 11.9. The first-order valence-electron chi connectivity index (χ1n) is 7.80. The van der Waals surface area contributed by atoms with Crippen LogP contribution in [-0.4, -0.2) is 46.3 Å². The molecule has 0 bridgehead atoms. The first kappa shape index (κ1) is 18.9. The molecule has 0 saturated heterocycles. The van der Waals surface area contributed by atoms with Crippen LogP contribution in [-0.2, 0) is 22.4 Å². The van der Waals surface area contributed by atoms with Crippen molar-refractivity contribution in [1.82, 2.24) is 20.3 Å². The van der Waals surface area contributed by atoms with Crippen molar-refractivity contribution in [2.24, 2.45) is 0 Å². The van der Waals surface area contributed by atoms with Crippen LogP contribution in [0.3, 0.4) is 0 Å². The van der Waals surface area contributed by atoms with Crippen molar-refractivity contribution in [3.63, 3.8) is 0 Å². The Kier molecular flexibility index (Phi) is 6.13. The molecule has 0 spiro atoms. The van der Waals surface area contributed by atoms with E-state index in [4.69, 9.17) is 9.47 Å². The largest absolute Gasteiger partial charge is 0.464 e. The molecule has 0 aromatic carbocycles. The van der Waals surface area contributed by atoms with Crippen LogP contribution >= 0.6 is 11.3 Å². The van der Waals surface area contributed by atoms with Gasteiger partial charge in [-0.3, -0.25) is 0 Å². The highest BCUT2D eigenvalue weighted by Crippen LogP contribution is 2.14. The Morgan fingerprint density at radius 2 is 2.12 bits per heavy atom. The maximum absolute atomic E-state index is 11.9. The number of hydrogen-bond donors (Lipinski definition) is 1. The van der Waals surface area contributed by atoms with Gasteiger partial charge in [0.2, 0.25) is 0 Å². The third-order valence-corrected chi connectivity index (χ3v) is 3.99. The first-order valence-corrected chi connectivity index (χ1v) is 8.68. The SMILES string of the molecule is COC(=O)c1nnn(Cc2cccs2)c1CCNC(=O)OC(C)(C)C. The molecule has 0 fully saturated rings. The fourth-order valence-electron chi connectivity index (χ4n) is 2.11. The standard InChI is InChI=1S/C16H22N4O4S/c1-16(2,3)24-15(22)17-8-7-12-13(14(21)23-4)18-19-20(12)10-11-6-5-9-25-11/h5-6,9H,7-8,10H2,1-4H3,(H,17,22). The van der Waals surface area contributed by atoms with Gasteiger partial charge < -0.3 is 14.8 Å². The summed E-state index contributed by atoms with van der Waals surface area (Å²) in [5.74, 6) is -0.551. The molecule has 136 valence electrons. The number of alkyl carbamates (subject to hydrolysis) is 1.